The second kappa shape index (κ2) is 10.8. The monoisotopic (exact) mass is 552 g/mol. The van der Waals surface area contributed by atoms with Crippen LogP contribution in [0.1, 0.15) is 43.0 Å². The highest BCUT2D eigenvalue weighted by molar-refractivity contribution is 6.30. The number of aromatic hydroxyl groups is 1. The molecule has 1 aliphatic heterocycles. The number of carbonyl (C=O) groups is 2. The number of hydrogen-bond donors (Lipinski definition) is 6. The number of aliphatic hydroxyl groups excluding tert-OH is 4. The fourth-order valence-corrected chi connectivity index (χ4v) is 4.89. The average molecular weight is 553 g/mol. The van der Waals surface area contributed by atoms with Gasteiger partial charge in [-0.15, -0.1) is 0 Å². The van der Waals surface area contributed by atoms with Gasteiger partial charge in [-0.05, 0) is 48.2 Å². The zero-order chi connectivity index (χ0) is 28.7. The number of hydrogen-bond acceptors (Lipinski definition) is 12. The minimum Gasteiger partial charge on any atom is -0.507 e. The van der Waals surface area contributed by atoms with E-state index in [-0.39, 0.29) is 39.5 Å². The number of methoxy groups -OCH3 is 1. The molecule has 210 valence electrons. The number of rotatable bonds is 7. The van der Waals surface area contributed by atoms with Crippen molar-refractivity contribution in [3.63, 3.8) is 0 Å². The third kappa shape index (κ3) is 4.87. The number of aryl methyl sites for hydroxylation is 2. The molecule has 40 heavy (non-hydrogen) atoms. The molecule has 0 radical (unpaired) electrons. The van der Waals surface area contributed by atoms with Gasteiger partial charge in [0, 0.05) is 23.4 Å². The van der Waals surface area contributed by atoms with Crippen molar-refractivity contribution in [1.29, 1.82) is 0 Å². The first-order chi connectivity index (χ1) is 19.1. The van der Waals surface area contributed by atoms with Crippen molar-refractivity contribution in [2.45, 2.75) is 43.5 Å². The van der Waals surface area contributed by atoms with Crippen LogP contribution >= 0.6 is 0 Å². The van der Waals surface area contributed by atoms with Crippen LogP contribution in [-0.4, -0.2) is 86.5 Å². The summed E-state index contributed by atoms with van der Waals surface area (Å²) in [6.45, 7) is -0.684. The molecule has 1 aromatic heterocycles. The van der Waals surface area contributed by atoms with Gasteiger partial charge in [-0.3, -0.25) is 9.59 Å². The van der Waals surface area contributed by atoms with Crippen LogP contribution < -0.4 is 15.2 Å². The van der Waals surface area contributed by atoms with Crippen LogP contribution in [0.25, 0.3) is 0 Å². The van der Waals surface area contributed by atoms with E-state index >= 15 is 0 Å². The molecular weight excluding hydrogens is 524 g/mol. The summed E-state index contributed by atoms with van der Waals surface area (Å²) in [5.41, 5.74) is 6.69. The number of aliphatic hydroxyl groups is 4. The summed E-state index contributed by atoms with van der Waals surface area (Å²) in [7, 11) is 1.35. The number of ether oxygens (including phenoxy) is 3. The van der Waals surface area contributed by atoms with Gasteiger partial charge in [0.1, 0.15) is 47.5 Å². The number of pyridine rings is 1. The number of carbonyl (C=O) groups excluding carboxylic acids is 2. The van der Waals surface area contributed by atoms with E-state index in [1.165, 1.54) is 25.3 Å². The quantitative estimate of drug-likeness (QED) is 0.181. The lowest BCUT2D eigenvalue weighted by atomic mass is 9.81. The first kappa shape index (κ1) is 27.5. The fourth-order valence-electron chi connectivity index (χ4n) is 4.89. The van der Waals surface area contributed by atoms with Gasteiger partial charge >= 0.3 is 0 Å². The average Bonchev–Trinajstić information content (AvgIpc) is 2.95. The molecule has 5 atom stereocenters. The Labute approximate surface area is 228 Å². The maximum Gasteiger partial charge on any atom is 0.229 e. The van der Waals surface area contributed by atoms with E-state index in [2.05, 4.69) is 4.98 Å². The SMILES string of the molecule is COc1cc(OC2OC(CO)C(O)C(O)C2O)c2c(c1)C(=O)c1cc(CCc3ccc(N)nc3)cc(O)c1C2=O. The number of phenols is 1. The van der Waals surface area contributed by atoms with Gasteiger partial charge in [0.05, 0.1) is 24.8 Å². The number of aromatic nitrogens is 1. The molecule has 7 N–H and O–H groups in total. The number of benzene rings is 2. The highest BCUT2D eigenvalue weighted by Crippen LogP contribution is 2.41. The molecule has 0 spiro atoms. The molecule has 5 unspecified atom stereocenters. The maximum atomic E-state index is 13.7. The fraction of sp³-hybridized carbons (Fsp3) is 0.321. The highest BCUT2D eigenvalue weighted by Gasteiger charge is 2.45. The van der Waals surface area contributed by atoms with E-state index < -0.39 is 48.9 Å². The summed E-state index contributed by atoms with van der Waals surface area (Å²) in [4.78, 5) is 31.4. The number of nitrogens with two attached hydrogens (primary N) is 1. The van der Waals surface area contributed by atoms with Crippen LogP contribution in [0.5, 0.6) is 17.2 Å². The third-order valence-corrected chi connectivity index (χ3v) is 7.07. The summed E-state index contributed by atoms with van der Waals surface area (Å²) in [5.74, 6) is -1.34. The number of nitrogens with zero attached hydrogens (tertiary/aromatic N) is 1. The Balaban J connectivity index is 1.50. The predicted molar refractivity (Wildman–Crippen MR) is 138 cm³/mol. The van der Waals surface area contributed by atoms with Crippen molar-refractivity contribution in [2.24, 2.45) is 0 Å². The Morgan fingerprint density at radius 3 is 2.33 bits per heavy atom. The molecule has 1 fully saturated rings. The zero-order valence-corrected chi connectivity index (χ0v) is 21.4. The lowest BCUT2D eigenvalue weighted by Gasteiger charge is -2.39. The van der Waals surface area contributed by atoms with Gasteiger partial charge in [0.25, 0.3) is 0 Å². The molecule has 2 aliphatic rings. The Kier molecular flexibility index (Phi) is 7.45. The molecule has 2 aromatic carbocycles. The topological polar surface area (TPSA) is 202 Å². The van der Waals surface area contributed by atoms with E-state index in [9.17, 15) is 35.1 Å². The number of phenolic OH excluding ortho intramolecular Hbond substituents is 1. The highest BCUT2D eigenvalue weighted by atomic mass is 16.7. The van der Waals surface area contributed by atoms with Crippen LogP contribution in [0.4, 0.5) is 5.82 Å². The molecule has 12 nitrogen and oxygen atoms in total. The molecule has 2 heterocycles. The van der Waals surface area contributed by atoms with E-state index in [0.717, 1.165) is 5.56 Å². The van der Waals surface area contributed by atoms with Crippen LogP contribution in [0, 0.1) is 0 Å². The predicted octanol–water partition coefficient (Wildman–Crippen LogP) is 0.117. The van der Waals surface area contributed by atoms with Crippen molar-refractivity contribution in [2.75, 3.05) is 19.5 Å². The molecule has 12 heteroatoms. The molecule has 1 saturated heterocycles. The Bertz CT molecular complexity index is 1460. The second-order valence-corrected chi connectivity index (χ2v) is 9.65. The largest absolute Gasteiger partial charge is 0.507 e. The van der Waals surface area contributed by atoms with Crippen LogP contribution in [0.3, 0.4) is 0 Å². The van der Waals surface area contributed by atoms with Crippen LogP contribution in [0.2, 0.25) is 0 Å². The number of fused-ring (bicyclic) bond motifs is 2. The molecule has 5 rings (SSSR count). The molecule has 3 aromatic rings. The van der Waals surface area contributed by atoms with E-state index in [1.807, 2.05) is 6.07 Å². The second-order valence-electron chi connectivity index (χ2n) is 9.65. The molecule has 0 saturated carbocycles. The minimum absolute atomic E-state index is 0.00924. The molecule has 0 bridgehead atoms. The van der Waals surface area contributed by atoms with Gasteiger partial charge in [-0.2, -0.15) is 0 Å². The Hall–Kier alpha value is -4.07. The van der Waals surface area contributed by atoms with Gasteiger partial charge in [0.15, 0.2) is 5.78 Å². The summed E-state index contributed by atoms with van der Waals surface area (Å²) >= 11 is 0. The Morgan fingerprint density at radius 2 is 1.65 bits per heavy atom. The van der Waals surface area contributed by atoms with Crippen molar-refractivity contribution < 1.29 is 49.3 Å². The maximum absolute atomic E-state index is 13.7. The number of anilines is 1. The minimum atomic E-state index is -1.76. The lowest BCUT2D eigenvalue weighted by molar-refractivity contribution is -0.277. The number of nitrogen functional groups attached to an aromatic ring is 1. The van der Waals surface area contributed by atoms with Crippen molar-refractivity contribution >= 4 is 17.4 Å². The lowest BCUT2D eigenvalue weighted by Crippen LogP contribution is -2.60. The first-order valence-corrected chi connectivity index (χ1v) is 12.5. The van der Waals surface area contributed by atoms with Gasteiger partial charge < -0.3 is 45.5 Å². The Morgan fingerprint density at radius 1 is 0.925 bits per heavy atom. The first-order valence-electron chi connectivity index (χ1n) is 12.5. The normalized spacial score (nSPS) is 23.9. The van der Waals surface area contributed by atoms with Gasteiger partial charge in [-0.25, -0.2) is 4.98 Å². The number of ketones is 2. The van der Waals surface area contributed by atoms with Crippen molar-refractivity contribution in [1.82, 2.24) is 4.98 Å². The third-order valence-electron chi connectivity index (χ3n) is 7.07. The zero-order valence-electron chi connectivity index (χ0n) is 21.4. The molecule has 1 aliphatic carbocycles. The summed E-state index contributed by atoms with van der Waals surface area (Å²) in [5, 5.41) is 51.0. The van der Waals surface area contributed by atoms with Crippen LogP contribution in [0.15, 0.2) is 42.6 Å². The van der Waals surface area contributed by atoms with Gasteiger partial charge in [0.2, 0.25) is 12.1 Å². The molecule has 0 amide bonds. The standard InChI is InChI=1S/C28H28N2O10/c1-38-14-8-16-22(18(9-14)39-28-27(37)26(36)24(34)19(11-31)40-28)25(35)21-15(23(16)33)6-13(7-17(21)32)3-2-12-4-5-20(29)30-10-12/h4-10,19,24,26-28,31-32,34,36-37H,2-3,11H2,1H3,(H2,29,30). The van der Waals surface area contributed by atoms with E-state index in [0.29, 0.717) is 24.2 Å². The van der Waals surface area contributed by atoms with Crippen LogP contribution in [-0.2, 0) is 17.6 Å². The van der Waals surface area contributed by atoms with E-state index in [1.54, 1.807) is 18.3 Å². The van der Waals surface area contributed by atoms with Crippen molar-refractivity contribution in [3.05, 3.63) is 76.0 Å². The summed E-state index contributed by atoms with van der Waals surface area (Å²) in [6.07, 6.45) is -5.32. The van der Waals surface area contributed by atoms with Crippen molar-refractivity contribution in [3.8, 4) is 17.2 Å². The van der Waals surface area contributed by atoms with E-state index in [4.69, 9.17) is 19.9 Å². The summed E-state index contributed by atoms with van der Waals surface area (Å²) < 4.78 is 16.5. The summed E-state index contributed by atoms with van der Waals surface area (Å²) in [6, 6.07) is 9.14. The smallest absolute Gasteiger partial charge is 0.229 e. The van der Waals surface area contributed by atoms with Gasteiger partial charge in [-0.1, -0.05) is 6.07 Å². The molecular formula is C28H28N2O10.